The van der Waals surface area contributed by atoms with Crippen LogP contribution in [0.15, 0.2) is 90.7 Å². The molecule has 5 rings (SSSR count). The summed E-state index contributed by atoms with van der Waals surface area (Å²) in [5.74, 6) is 0.328. The Morgan fingerprint density at radius 2 is 1.73 bits per heavy atom. The third kappa shape index (κ3) is 2.87. The van der Waals surface area contributed by atoms with Gasteiger partial charge in [-0.2, -0.15) is 4.57 Å². The van der Waals surface area contributed by atoms with Crippen LogP contribution in [0.1, 0.15) is 46.2 Å². The maximum absolute atomic E-state index is 5.05. The number of rotatable bonds is 1. The lowest BCUT2D eigenvalue weighted by Crippen LogP contribution is -2.48. The Labute approximate surface area is 178 Å². The number of aliphatic imine (C=N–C) groups is 1. The number of benzene rings is 2. The smallest absolute Gasteiger partial charge is 0.213 e. The number of aromatic nitrogens is 1. The standard InChI is InChI=1S/C28H27N2/c1-5-26-22-11-7-6-10-21(22)14-15-25-23-12-8-9-13-24(23)27-16-18(2)19(3)17-30(27)28(25)20(4)29-26/h5-13,16-17,25,28H,1,4,14-15H2,2-3H3/q+1. The van der Waals surface area contributed by atoms with Crippen molar-refractivity contribution in [3.63, 3.8) is 0 Å². The molecule has 0 spiro atoms. The molecule has 2 aliphatic rings. The number of nitrogens with zero attached hydrogens (tertiary/aromatic N) is 2. The molecule has 0 saturated heterocycles. The summed E-state index contributed by atoms with van der Waals surface area (Å²) < 4.78 is 2.41. The van der Waals surface area contributed by atoms with Crippen LogP contribution in [0.2, 0.25) is 0 Å². The second-order valence-electron chi connectivity index (χ2n) is 8.46. The van der Waals surface area contributed by atoms with Crippen LogP contribution in [0, 0.1) is 13.8 Å². The second kappa shape index (κ2) is 7.21. The molecule has 0 fully saturated rings. The van der Waals surface area contributed by atoms with Gasteiger partial charge >= 0.3 is 0 Å². The van der Waals surface area contributed by atoms with E-state index in [4.69, 9.17) is 4.99 Å². The third-order valence-corrected chi connectivity index (χ3v) is 6.72. The van der Waals surface area contributed by atoms with Gasteiger partial charge in [-0.25, -0.2) is 4.99 Å². The molecule has 0 radical (unpaired) electrons. The van der Waals surface area contributed by atoms with Crippen LogP contribution in [-0.4, -0.2) is 5.71 Å². The first kappa shape index (κ1) is 18.7. The number of pyridine rings is 1. The molecule has 148 valence electrons. The molecule has 2 nitrogen and oxygen atoms in total. The van der Waals surface area contributed by atoms with Gasteiger partial charge in [-0.1, -0.05) is 55.6 Å². The minimum absolute atomic E-state index is 0.0958. The van der Waals surface area contributed by atoms with Crippen molar-refractivity contribution >= 4 is 5.71 Å². The topological polar surface area (TPSA) is 16.2 Å². The summed E-state index contributed by atoms with van der Waals surface area (Å²) in [6.45, 7) is 12.9. The fourth-order valence-electron chi connectivity index (χ4n) is 5.08. The first-order valence-corrected chi connectivity index (χ1v) is 10.7. The Bertz CT molecular complexity index is 1220. The predicted molar refractivity (Wildman–Crippen MR) is 124 cm³/mol. The molecule has 3 aromatic rings. The fourth-order valence-corrected chi connectivity index (χ4v) is 5.08. The van der Waals surface area contributed by atoms with Gasteiger partial charge in [0.05, 0.1) is 11.6 Å². The van der Waals surface area contributed by atoms with Gasteiger partial charge in [0.2, 0.25) is 11.7 Å². The van der Waals surface area contributed by atoms with Gasteiger partial charge in [0.25, 0.3) is 0 Å². The van der Waals surface area contributed by atoms with E-state index in [9.17, 15) is 0 Å². The van der Waals surface area contributed by atoms with Gasteiger partial charge in [-0.3, -0.25) is 0 Å². The molecule has 30 heavy (non-hydrogen) atoms. The van der Waals surface area contributed by atoms with E-state index >= 15 is 0 Å². The van der Waals surface area contributed by atoms with Crippen LogP contribution in [0.3, 0.4) is 0 Å². The Morgan fingerprint density at radius 1 is 1.00 bits per heavy atom. The second-order valence-corrected chi connectivity index (χ2v) is 8.46. The third-order valence-electron chi connectivity index (χ3n) is 6.72. The van der Waals surface area contributed by atoms with E-state index < -0.39 is 0 Å². The zero-order chi connectivity index (χ0) is 20.8. The lowest BCUT2D eigenvalue weighted by Gasteiger charge is -2.31. The number of hydrogen-bond acceptors (Lipinski definition) is 1. The molecule has 2 unspecified atom stereocenters. The first-order chi connectivity index (χ1) is 14.6. The molecule has 0 N–H and O–H groups in total. The molecular weight excluding hydrogens is 364 g/mol. The maximum Gasteiger partial charge on any atom is 0.213 e. The summed E-state index contributed by atoms with van der Waals surface area (Å²) in [5.41, 5.74) is 10.9. The zero-order valence-corrected chi connectivity index (χ0v) is 17.7. The van der Waals surface area contributed by atoms with Crippen molar-refractivity contribution in [1.82, 2.24) is 0 Å². The van der Waals surface area contributed by atoms with Crippen molar-refractivity contribution in [2.45, 2.75) is 38.6 Å². The van der Waals surface area contributed by atoms with Crippen molar-refractivity contribution in [3.8, 4) is 11.3 Å². The number of allylic oxidation sites excluding steroid dienone is 2. The van der Waals surface area contributed by atoms with Crippen molar-refractivity contribution in [2.75, 3.05) is 0 Å². The van der Waals surface area contributed by atoms with Gasteiger partial charge in [-0.05, 0) is 55.5 Å². The van der Waals surface area contributed by atoms with E-state index in [1.165, 1.54) is 39.1 Å². The summed E-state index contributed by atoms with van der Waals surface area (Å²) in [7, 11) is 0. The van der Waals surface area contributed by atoms with Crippen LogP contribution in [0.4, 0.5) is 0 Å². The van der Waals surface area contributed by atoms with E-state index in [-0.39, 0.29) is 6.04 Å². The molecule has 0 aliphatic carbocycles. The highest BCUT2D eigenvalue weighted by Gasteiger charge is 2.42. The fraction of sp³-hybridized carbons (Fsp3) is 0.214. The Hall–Kier alpha value is -3.26. The van der Waals surface area contributed by atoms with E-state index in [1.807, 2.05) is 6.08 Å². The summed E-state index contributed by atoms with van der Waals surface area (Å²) in [6.07, 6.45) is 6.22. The van der Waals surface area contributed by atoms with Crippen molar-refractivity contribution in [2.24, 2.45) is 4.99 Å². The normalized spacial score (nSPS) is 19.8. The van der Waals surface area contributed by atoms with Crippen molar-refractivity contribution < 1.29 is 4.57 Å². The quantitative estimate of drug-likeness (QED) is 0.450. The van der Waals surface area contributed by atoms with Crippen molar-refractivity contribution in [3.05, 3.63) is 114 Å². The van der Waals surface area contributed by atoms with E-state index in [1.54, 1.807) is 0 Å². The lowest BCUT2D eigenvalue weighted by atomic mass is 9.78. The number of fused-ring (bicyclic) bond motifs is 7. The molecule has 2 atom stereocenters. The molecule has 2 aliphatic heterocycles. The minimum atomic E-state index is 0.0958. The van der Waals surface area contributed by atoms with Crippen LogP contribution in [0.25, 0.3) is 11.3 Å². The van der Waals surface area contributed by atoms with Gasteiger partial charge in [0.1, 0.15) is 5.70 Å². The average Bonchev–Trinajstić information content (AvgIpc) is 2.82. The summed E-state index contributed by atoms with van der Waals surface area (Å²) in [5, 5.41) is 0. The molecule has 1 aromatic heterocycles. The molecule has 0 bridgehead atoms. The minimum Gasteiger partial charge on any atom is -0.246 e. The maximum atomic E-state index is 5.05. The van der Waals surface area contributed by atoms with Crippen LogP contribution in [-0.2, 0) is 6.42 Å². The molecule has 2 heteroatoms. The summed E-state index contributed by atoms with van der Waals surface area (Å²) >= 11 is 0. The molecule has 0 amide bonds. The van der Waals surface area contributed by atoms with Crippen LogP contribution in [0.5, 0.6) is 0 Å². The SMILES string of the molecule is C=CC1=NC(=C)C2C(CCc3ccccc31)c1ccccc1-c1cc(C)c(C)c[n+]12. The first-order valence-electron chi connectivity index (χ1n) is 10.7. The zero-order valence-electron chi connectivity index (χ0n) is 17.7. The largest absolute Gasteiger partial charge is 0.246 e. The van der Waals surface area contributed by atoms with Gasteiger partial charge < -0.3 is 0 Å². The number of aryl methyl sites for hydroxylation is 3. The van der Waals surface area contributed by atoms with E-state index in [0.717, 1.165) is 24.3 Å². The lowest BCUT2D eigenvalue weighted by molar-refractivity contribution is -0.709. The number of hydrogen-bond donors (Lipinski definition) is 0. The van der Waals surface area contributed by atoms with Gasteiger partial charge in [0, 0.05) is 22.8 Å². The van der Waals surface area contributed by atoms with Gasteiger partial charge in [0.15, 0.2) is 6.20 Å². The molecule has 2 aromatic carbocycles. The molecule has 3 heterocycles. The van der Waals surface area contributed by atoms with Crippen LogP contribution < -0.4 is 4.57 Å². The monoisotopic (exact) mass is 391 g/mol. The average molecular weight is 392 g/mol. The Morgan fingerprint density at radius 3 is 2.53 bits per heavy atom. The summed E-state index contributed by atoms with van der Waals surface area (Å²) in [6, 6.07) is 19.8. The highest BCUT2D eigenvalue weighted by atomic mass is 15.1. The van der Waals surface area contributed by atoms with Crippen molar-refractivity contribution in [1.29, 1.82) is 0 Å². The molecule has 0 saturated carbocycles. The Balaban J connectivity index is 1.77. The highest BCUT2D eigenvalue weighted by molar-refractivity contribution is 6.09. The summed E-state index contributed by atoms with van der Waals surface area (Å²) in [4.78, 5) is 5.05. The molecular formula is C28H27N2+. The van der Waals surface area contributed by atoms with E-state index in [0.29, 0.717) is 5.92 Å². The van der Waals surface area contributed by atoms with Gasteiger partial charge in [-0.15, -0.1) is 0 Å². The highest BCUT2D eigenvalue weighted by Crippen LogP contribution is 2.44. The van der Waals surface area contributed by atoms with E-state index in [2.05, 4.69) is 92.4 Å². The van der Waals surface area contributed by atoms with Crippen LogP contribution >= 0.6 is 0 Å². The predicted octanol–water partition coefficient (Wildman–Crippen LogP) is 6.03. The Kier molecular flexibility index (Phi) is 4.51.